The molecule has 0 aliphatic carbocycles. The van der Waals surface area contributed by atoms with Gasteiger partial charge in [0.05, 0.1) is 17.8 Å². The fraction of sp³-hybridized carbons (Fsp3) is 0.353. The first-order chi connectivity index (χ1) is 10.2. The van der Waals surface area contributed by atoms with Gasteiger partial charge in [-0.25, -0.2) is 0 Å². The van der Waals surface area contributed by atoms with Crippen LogP contribution in [0.15, 0.2) is 42.7 Å². The van der Waals surface area contributed by atoms with Gasteiger partial charge in [-0.1, -0.05) is 25.1 Å². The second-order valence-electron chi connectivity index (χ2n) is 5.48. The Morgan fingerprint density at radius 3 is 2.86 bits per heavy atom. The van der Waals surface area contributed by atoms with E-state index >= 15 is 0 Å². The molecular weight excluding hydrogens is 260 g/mol. The van der Waals surface area contributed by atoms with Gasteiger partial charge >= 0.3 is 0 Å². The van der Waals surface area contributed by atoms with E-state index in [9.17, 15) is 0 Å². The molecule has 0 saturated carbocycles. The molecule has 0 bridgehead atoms. The molecule has 4 nitrogen and oxygen atoms in total. The maximum atomic E-state index is 4.66. The van der Waals surface area contributed by atoms with Gasteiger partial charge in [0.1, 0.15) is 0 Å². The van der Waals surface area contributed by atoms with E-state index < -0.39 is 0 Å². The standard InChI is InChI=1S/C17H22N4/c1-4-18-13(2)14-9-10-21(11-14)12-16-15-7-5-6-8-17(15)20(3)19-16/h5-11,13,18H,4,12H2,1-3H3. The summed E-state index contributed by atoms with van der Waals surface area (Å²) in [6.45, 7) is 6.12. The summed E-state index contributed by atoms with van der Waals surface area (Å²) in [6.07, 6.45) is 4.34. The maximum absolute atomic E-state index is 4.66. The third-order valence-electron chi connectivity index (χ3n) is 3.95. The topological polar surface area (TPSA) is 34.8 Å². The first kappa shape index (κ1) is 13.9. The van der Waals surface area contributed by atoms with E-state index in [1.165, 1.54) is 16.5 Å². The number of aryl methyl sites for hydroxylation is 1. The van der Waals surface area contributed by atoms with Crippen molar-refractivity contribution in [1.82, 2.24) is 19.7 Å². The molecule has 0 amide bonds. The Morgan fingerprint density at radius 1 is 1.24 bits per heavy atom. The lowest BCUT2D eigenvalue weighted by Crippen LogP contribution is -2.17. The van der Waals surface area contributed by atoms with Crippen LogP contribution in [0.25, 0.3) is 10.9 Å². The van der Waals surface area contributed by atoms with E-state index in [4.69, 9.17) is 0 Å². The lowest BCUT2D eigenvalue weighted by molar-refractivity contribution is 0.596. The highest BCUT2D eigenvalue weighted by atomic mass is 15.3. The second kappa shape index (κ2) is 5.74. The van der Waals surface area contributed by atoms with Crippen molar-refractivity contribution in [3.05, 3.63) is 54.0 Å². The Hall–Kier alpha value is -2.07. The van der Waals surface area contributed by atoms with Gasteiger partial charge in [0.15, 0.2) is 0 Å². The number of hydrogen-bond acceptors (Lipinski definition) is 2. The molecule has 3 aromatic rings. The summed E-state index contributed by atoms with van der Waals surface area (Å²) in [4.78, 5) is 0. The van der Waals surface area contributed by atoms with Crippen LogP contribution in [-0.2, 0) is 13.6 Å². The van der Waals surface area contributed by atoms with Crippen molar-refractivity contribution in [3.8, 4) is 0 Å². The average Bonchev–Trinajstić information content (AvgIpc) is 3.06. The van der Waals surface area contributed by atoms with Gasteiger partial charge in [-0.2, -0.15) is 5.10 Å². The number of fused-ring (bicyclic) bond motifs is 1. The molecule has 0 fully saturated rings. The molecule has 2 heterocycles. The fourth-order valence-corrected chi connectivity index (χ4v) is 2.82. The molecule has 0 spiro atoms. The normalized spacial score (nSPS) is 12.9. The van der Waals surface area contributed by atoms with Gasteiger partial charge < -0.3 is 9.88 Å². The minimum Gasteiger partial charge on any atom is -0.348 e. The highest BCUT2D eigenvalue weighted by molar-refractivity contribution is 5.81. The van der Waals surface area contributed by atoms with E-state index in [0.717, 1.165) is 18.8 Å². The number of benzene rings is 1. The van der Waals surface area contributed by atoms with Crippen LogP contribution in [0, 0.1) is 0 Å². The minimum atomic E-state index is 0.386. The SMILES string of the molecule is CCNC(C)c1ccn(Cc2nn(C)c3ccccc23)c1. The molecule has 1 N–H and O–H groups in total. The van der Waals surface area contributed by atoms with E-state index in [1.54, 1.807) is 0 Å². The lowest BCUT2D eigenvalue weighted by Gasteiger charge is -2.09. The Bertz CT molecular complexity index is 738. The zero-order valence-corrected chi connectivity index (χ0v) is 12.9. The van der Waals surface area contributed by atoms with Crippen LogP contribution in [0.3, 0.4) is 0 Å². The van der Waals surface area contributed by atoms with Crippen LogP contribution in [0.1, 0.15) is 31.1 Å². The Balaban J connectivity index is 1.86. The fourth-order valence-electron chi connectivity index (χ4n) is 2.82. The van der Waals surface area contributed by atoms with Crippen LogP contribution < -0.4 is 5.32 Å². The van der Waals surface area contributed by atoms with E-state index in [-0.39, 0.29) is 0 Å². The molecule has 0 aliphatic rings. The molecule has 0 aliphatic heterocycles. The van der Waals surface area contributed by atoms with Gasteiger partial charge in [-0.3, -0.25) is 4.68 Å². The van der Waals surface area contributed by atoms with Crippen molar-refractivity contribution in [2.75, 3.05) is 6.54 Å². The molecule has 2 aromatic heterocycles. The number of hydrogen-bond donors (Lipinski definition) is 1. The highest BCUT2D eigenvalue weighted by Gasteiger charge is 2.10. The van der Waals surface area contributed by atoms with Crippen molar-refractivity contribution in [1.29, 1.82) is 0 Å². The molecule has 4 heteroatoms. The van der Waals surface area contributed by atoms with Gasteiger partial charge in [-0.15, -0.1) is 0 Å². The summed E-state index contributed by atoms with van der Waals surface area (Å²) >= 11 is 0. The smallest absolute Gasteiger partial charge is 0.0900 e. The Labute approximate surface area is 125 Å². The van der Waals surface area contributed by atoms with Crippen molar-refractivity contribution in [3.63, 3.8) is 0 Å². The van der Waals surface area contributed by atoms with Crippen LogP contribution >= 0.6 is 0 Å². The summed E-state index contributed by atoms with van der Waals surface area (Å²) in [5, 5.41) is 9.33. The molecule has 110 valence electrons. The largest absolute Gasteiger partial charge is 0.348 e. The van der Waals surface area contributed by atoms with Crippen LogP contribution in [-0.4, -0.2) is 20.9 Å². The number of aromatic nitrogens is 3. The highest BCUT2D eigenvalue weighted by Crippen LogP contribution is 2.19. The zero-order valence-electron chi connectivity index (χ0n) is 12.9. The van der Waals surface area contributed by atoms with Crippen molar-refractivity contribution < 1.29 is 0 Å². The first-order valence-corrected chi connectivity index (χ1v) is 7.48. The third kappa shape index (κ3) is 2.72. The summed E-state index contributed by atoms with van der Waals surface area (Å²) < 4.78 is 4.16. The quantitative estimate of drug-likeness (QED) is 0.780. The monoisotopic (exact) mass is 282 g/mol. The lowest BCUT2D eigenvalue weighted by atomic mass is 10.2. The Kier molecular flexibility index (Phi) is 3.80. The molecule has 3 rings (SSSR count). The summed E-state index contributed by atoms with van der Waals surface area (Å²) in [7, 11) is 2.00. The average molecular weight is 282 g/mol. The number of rotatable bonds is 5. The summed E-state index contributed by atoms with van der Waals surface area (Å²) in [5.74, 6) is 0. The third-order valence-corrected chi connectivity index (χ3v) is 3.95. The molecule has 1 atom stereocenters. The first-order valence-electron chi connectivity index (χ1n) is 7.48. The van der Waals surface area contributed by atoms with E-state index in [2.05, 4.69) is 71.6 Å². The molecule has 1 aromatic carbocycles. The van der Waals surface area contributed by atoms with Crippen LogP contribution in [0.5, 0.6) is 0 Å². The number of nitrogens with zero attached hydrogens (tertiary/aromatic N) is 3. The zero-order chi connectivity index (χ0) is 14.8. The minimum absolute atomic E-state index is 0.386. The second-order valence-corrected chi connectivity index (χ2v) is 5.48. The van der Waals surface area contributed by atoms with E-state index in [1.807, 2.05) is 11.7 Å². The summed E-state index contributed by atoms with van der Waals surface area (Å²) in [6, 6.07) is 10.9. The van der Waals surface area contributed by atoms with Crippen LogP contribution in [0.4, 0.5) is 0 Å². The van der Waals surface area contributed by atoms with Gasteiger partial charge in [0, 0.05) is 30.9 Å². The van der Waals surface area contributed by atoms with Gasteiger partial charge in [0.25, 0.3) is 0 Å². The van der Waals surface area contributed by atoms with Crippen molar-refractivity contribution in [2.45, 2.75) is 26.4 Å². The molecular formula is C17H22N4. The molecule has 21 heavy (non-hydrogen) atoms. The van der Waals surface area contributed by atoms with Crippen LogP contribution in [0.2, 0.25) is 0 Å². The van der Waals surface area contributed by atoms with E-state index in [0.29, 0.717) is 6.04 Å². The molecule has 1 unspecified atom stereocenters. The van der Waals surface area contributed by atoms with Crippen molar-refractivity contribution in [2.24, 2.45) is 7.05 Å². The predicted octanol–water partition coefficient (Wildman–Crippen LogP) is 3.09. The predicted molar refractivity (Wildman–Crippen MR) is 86.3 cm³/mol. The molecule has 0 radical (unpaired) electrons. The Morgan fingerprint density at radius 2 is 2.05 bits per heavy atom. The summed E-state index contributed by atoms with van der Waals surface area (Å²) in [5.41, 5.74) is 3.62. The molecule has 0 saturated heterocycles. The number of nitrogens with one attached hydrogen (secondary N) is 1. The number of para-hydroxylation sites is 1. The maximum Gasteiger partial charge on any atom is 0.0900 e. The van der Waals surface area contributed by atoms with Crippen molar-refractivity contribution >= 4 is 10.9 Å². The van der Waals surface area contributed by atoms with Gasteiger partial charge in [-0.05, 0) is 31.2 Å². The van der Waals surface area contributed by atoms with Gasteiger partial charge in [0.2, 0.25) is 0 Å².